The molecule has 0 bridgehead atoms. The average Bonchev–Trinajstić information content (AvgIpc) is 3.21. The summed E-state index contributed by atoms with van der Waals surface area (Å²) in [4.78, 5) is 0.218. The van der Waals surface area contributed by atoms with Gasteiger partial charge in [-0.05, 0) is 38.8 Å². The van der Waals surface area contributed by atoms with Gasteiger partial charge in [0.25, 0.3) is 0 Å². The second kappa shape index (κ2) is 6.03. The van der Waals surface area contributed by atoms with E-state index >= 15 is 0 Å². The Bertz CT molecular complexity index is 886. The topological polar surface area (TPSA) is 81.9 Å². The molecule has 2 aromatic rings. The molecule has 0 saturated carbocycles. The molecule has 1 saturated heterocycles. The number of rotatable bonds is 3. The van der Waals surface area contributed by atoms with Crippen LogP contribution in [0.15, 0.2) is 27.6 Å². The Balaban J connectivity index is 1.72. The van der Waals surface area contributed by atoms with Gasteiger partial charge in [-0.15, -0.1) is 0 Å². The number of aryl methyl sites for hydroxylation is 2. The molecule has 0 radical (unpaired) electrons. The first-order chi connectivity index (χ1) is 12.0. The summed E-state index contributed by atoms with van der Waals surface area (Å²) >= 11 is 0. The van der Waals surface area contributed by atoms with Crippen LogP contribution in [-0.2, 0) is 10.0 Å². The number of hydrogen-bond donors (Lipinski definition) is 0. The number of nitrogens with zero attached hydrogens (tertiary/aromatic N) is 2. The third-order valence-corrected chi connectivity index (χ3v) is 6.65. The third-order valence-electron chi connectivity index (χ3n) is 4.75. The highest BCUT2D eigenvalue weighted by Gasteiger charge is 2.39. The van der Waals surface area contributed by atoms with Crippen LogP contribution in [0.5, 0.6) is 11.5 Å². The van der Waals surface area contributed by atoms with Crippen molar-refractivity contribution in [2.24, 2.45) is 0 Å². The normalized spacial score (nSPS) is 20.8. The van der Waals surface area contributed by atoms with Gasteiger partial charge in [0.05, 0.1) is 16.6 Å². The van der Waals surface area contributed by atoms with Gasteiger partial charge in [-0.3, -0.25) is 0 Å². The van der Waals surface area contributed by atoms with Crippen molar-refractivity contribution < 1.29 is 22.4 Å². The van der Waals surface area contributed by atoms with E-state index in [1.807, 2.05) is 13.8 Å². The van der Waals surface area contributed by atoms with E-state index in [2.05, 4.69) is 5.16 Å². The summed E-state index contributed by atoms with van der Waals surface area (Å²) in [5.74, 6) is 1.72. The zero-order valence-corrected chi connectivity index (χ0v) is 15.0. The second-order valence-corrected chi connectivity index (χ2v) is 8.21. The van der Waals surface area contributed by atoms with Crippen molar-refractivity contribution in [3.8, 4) is 11.5 Å². The maximum Gasteiger partial charge on any atom is 0.243 e. The summed E-state index contributed by atoms with van der Waals surface area (Å²) < 4.78 is 44.2. The number of hydrogen-bond acceptors (Lipinski definition) is 6. The molecule has 1 aromatic carbocycles. The first-order valence-corrected chi connectivity index (χ1v) is 9.77. The molecule has 0 N–H and O–H groups in total. The lowest BCUT2D eigenvalue weighted by Crippen LogP contribution is -2.31. The van der Waals surface area contributed by atoms with E-state index in [0.717, 1.165) is 24.1 Å². The van der Waals surface area contributed by atoms with Crippen LogP contribution in [0.4, 0.5) is 0 Å². The minimum atomic E-state index is -3.65. The minimum Gasteiger partial charge on any atom is -0.486 e. The van der Waals surface area contributed by atoms with Crippen LogP contribution in [0.3, 0.4) is 0 Å². The van der Waals surface area contributed by atoms with Crippen LogP contribution in [-0.4, -0.2) is 37.6 Å². The average molecular weight is 364 g/mol. The summed E-state index contributed by atoms with van der Waals surface area (Å²) in [5.41, 5.74) is 1.62. The molecular formula is C17H20N2O5S. The van der Waals surface area contributed by atoms with Gasteiger partial charge in [0.1, 0.15) is 19.0 Å². The summed E-state index contributed by atoms with van der Waals surface area (Å²) in [6.45, 7) is 5.04. The Morgan fingerprint density at radius 2 is 1.92 bits per heavy atom. The SMILES string of the molecule is Cc1noc(C)c1[C@@H]1CCCN1S(=O)(=O)c1ccc2c(c1)OCCO2. The third kappa shape index (κ3) is 2.69. The molecule has 0 spiro atoms. The van der Waals surface area contributed by atoms with Crippen LogP contribution in [0.25, 0.3) is 0 Å². The number of aromatic nitrogens is 1. The van der Waals surface area contributed by atoms with Gasteiger partial charge in [0.2, 0.25) is 10.0 Å². The molecule has 0 aliphatic carbocycles. The molecular weight excluding hydrogens is 344 g/mol. The standard InChI is InChI=1S/C17H20N2O5S/c1-11-17(12(2)24-18-11)14-4-3-7-19(14)25(20,21)13-5-6-15-16(10-13)23-9-8-22-15/h5-6,10,14H,3-4,7-9H2,1-2H3/t14-/m0/s1. The van der Waals surface area contributed by atoms with Crippen molar-refractivity contribution in [2.75, 3.05) is 19.8 Å². The van der Waals surface area contributed by atoms with Crippen molar-refractivity contribution in [1.29, 1.82) is 0 Å². The van der Waals surface area contributed by atoms with Gasteiger partial charge in [0.15, 0.2) is 11.5 Å². The van der Waals surface area contributed by atoms with Gasteiger partial charge in [-0.25, -0.2) is 8.42 Å². The second-order valence-electron chi connectivity index (χ2n) is 6.32. The molecule has 8 heteroatoms. The zero-order valence-electron chi connectivity index (χ0n) is 14.2. The van der Waals surface area contributed by atoms with Crippen molar-refractivity contribution in [3.05, 3.63) is 35.2 Å². The summed E-state index contributed by atoms with van der Waals surface area (Å²) in [7, 11) is -3.65. The van der Waals surface area contributed by atoms with Crippen LogP contribution in [0.1, 0.15) is 35.9 Å². The number of ether oxygens (including phenoxy) is 2. The molecule has 134 valence electrons. The molecule has 7 nitrogen and oxygen atoms in total. The highest BCUT2D eigenvalue weighted by Crippen LogP contribution is 2.40. The molecule has 1 fully saturated rings. The fraction of sp³-hybridized carbons (Fsp3) is 0.471. The number of benzene rings is 1. The predicted molar refractivity (Wildman–Crippen MR) is 89.3 cm³/mol. The number of fused-ring (bicyclic) bond motifs is 1. The van der Waals surface area contributed by atoms with E-state index < -0.39 is 10.0 Å². The lowest BCUT2D eigenvalue weighted by molar-refractivity contribution is 0.171. The summed E-state index contributed by atoms with van der Waals surface area (Å²) in [5, 5.41) is 3.97. The molecule has 3 heterocycles. The van der Waals surface area contributed by atoms with Crippen molar-refractivity contribution in [1.82, 2.24) is 9.46 Å². The van der Waals surface area contributed by atoms with Gasteiger partial charge >= 0.3 is 0 Å². The van der Waals surface area contributed by atoms with Crippen LogP contribution >= 0.6 is 0 Å². The van der Waals surface area contributed by atoms with E-state index in [1.165, 1.54) is 0 Å². The van der Waals surface area contributed by atoms with Crippen LogP contribution < -0.4 is 9.47 Å². The number of sulfonamides is 1. The molecule has 1 atom stereocenters. The quantitative estimate of drug-likeness (QED) is 0.833. The van der Waals surface area contributed by atoms with Crippen molar-refractivity contribution >= 4 is 10.0 Å². The Kier molecular flexibility index (Phi) is 3.96. The van der Waals surface area contributed by atoms with Crippen molar-refractivity contribution in [3.63, 3.8) is 0 Å². The molecule has 2 aliphatic rings. The lowest BCUT2D eigenvalue weighted by Gasteiger charge is -2.25. The van der Waals surface area contributed by atoms with Crippen LogP contribution in [0.2, 0.25) is 0 Å². The smallest absolute Gasteiger partial charge is 0.243 e. The maximum atomic E-state index is 13.2. The van der Waals surface area contributed by atoms with E-state index in [1.54, 1.807) is 22.5 Å². The molecule has 0 amide bonds. The fourth-order valence-electron chi connectivity index (χ4n) is 3.60. The van der Waals surface area contributed by atoms with Crippen molar-refractivity contribution in [2.45, 2.75) is 37.6 Å². The monoisotopic (exact) mass is 364 g/mol. The molecule has 4 rings (SSSR count). The first kappa shape index (κ1) is 16.4. The Morgan fingerprint density at radius 1 is 1.16 bits per heavy atom. The Labute approximate surface area is 146 Å². The Hall–Kier alpha value is -2.06. The van der Waals surface area contributed by atoms with E-state index in [4.69, 9.17) is 14.0 Å². The fourth-order valence-corrected chi connectivity index (χ4v) is 5.28. The largest absolute Gasteiger partial charge is 0.486 e. The highest BCUT2D eigenvalue weighted by molar-refractivity contribution is 7.89. The molecule has 25 heavy (non-hydrogen) atoms. The lowest BCUT2D eigenvalue weighted by atomic mass is 10.0. The highest BCUT2D eigenvalue weighted by atomic mass is 32.2. The van der Waals surface area contributed by atoms with Gasteiger partial charge in [-0.1, -0.05) is 5.16 Å². The molecule has 1 aromatic heterocycles. The molecule has 0 unspecified atom stereocenters. The maximum absolute atomic E-state index is 13.2. The van der Waals surface area contributed by atoms with Crippen LogP contribution in [0, 0.1) is 13.8 Å². The molecule has 2 aliphatic heterocycles. The van der Waals surface area contributed by atoms with Gasteiger partial charge < -0.3 is 14.0 Å². The van der Waals surface area contributed by atoms with E-state index in [-0.39, 0.29) is 10.9 Å². The van der Waals surface area contributed by atoms with Gasteiger partial charge in [0, 0.05) is 18.2 Å². The Morgan fingerprint density at radius 3 is 2.64 bits per heavy atom. The van der Waals surface area contributed by atoms with Gasteiger partial charge in [-0.2, -0.15) is 4.31 Å². The first-order valence-electron chi connectivity index (χ1n) is 8.33. The predicted octanol–water partition coefficient (Wildman–Crippen LogP) is 2.59. The summed E-state index contributed by atoms with van der Waals surface area (Å²) in [6, 6.07) is 4.53. The van der Waals surface area contributed by atoms with E-state index in [0.29, 0.717) is 37.0 Å². The zero-order chi connectivity index (χ0) is 17.6. The summed E-state index contributed by atoms with van der Waals surface area (Å²) in [6.07, 6.45) is 1.56. The van der Waals surface area contributed by atoms with E-state index in [9.17, 15) is 8.42 Å². The minimum absolute atomic E-state index is 0.218.